The lowest BCUT2D eigenvalue weighted by Crippen LogP contribution is -2.26. The van der Waals surface area contributed by atoms with Crippen molar-refractivity contribution in [3.05, 3.63) is 24.3 Å². The standard InChI is InChI=1S/C12H16N2O4S/c1-14(8-12(15)16)10-4-6-11(7-5-10)19(17,18)13-9-2-3-9/h4-7,9,13H,2-3,8H2,1H3,(H,15,16). The quantitative estimate of drug-likeness (QED) is 0.801. The van der Waals surface area contributed by atoms with Crippen LogP contribution in [0.15, 0.2) is 29.2 Å². The van der Waals surface area contributed by atoms with Gasteiger partial charge in [-0.15, -0.1) is 0 Å². The number of hydrogen-bond acceptors (Lipinski definition) is 4. The van der Waals surface area contributed by atoms with Gasteiger partial charge in [0.05, 0.1) is 4.90 Å². The third kappa shape index (κ3) is 3.68. The van der Waals surface area contributed by atoms with Crippen LogP contribution in [0.4, 0.5) is 5.69 Å². The lowest BCUT2D eigenvalue weighted by molar-refractivity contribution is -0.135. The van der Waals surface area contributed by atoms with Crippen molar-refractivity contribution in [2.24, 2.45) is 0 Å². The van der Waals surface area contributed by atoms with Gasteiger partial charge in [0, 0.05) is 18.8 Å². The summed E-state index contributed by atoms with van der Waals surface area (Å²) in [6.07, 6.45) is 1.78. The van der Waals surface area contributed by atoms with Gasteiger partial charge >= 0.3 is 5.97 Å². The lowest BCUT2D eigenvalue weighted by atomic mass is 10.3. The molecule has 19 heavy (non-hydrogen) atoms. The Bertz CT molecular complexity index is 564. The number of rotatable bonds is 6. The molecule has 2 rings (SSSR count). The molecule has 7 heteroatoms. The maximum atomic E-state index is 11.9. The molecule has 1 aliphatic carbocycles. The molecule has 6 nitrogen and oxygen atoms in total. The Balaban J connectivity index is 2.11. The van der Waals surface area contributed by atoms with Gasteiger partial charge in [-0.2, -0.15) is 0 Å². The number of anilines is 1. The number of nitrogens with zero attached hydrogens (tertiary/aromatic N) is 1. The molecule has 0 spiro atoms. The predicted molar refractivity (Wildman–Crippen MR) is 70.7 cm³/mol. The molecule has 1 aromatic rings. The fraction of sp³-hybridized carbons (Fsp3) is 0.417. The molecule has 1 saturated carbocycles. The molecule has 0 aromatic heterocycles. The van der Waals surface area contributed by atoms with Crippen molar-refractivity contribution < 1.29 is 18.3 Å². The molecule has 0 amide bonds. The number of carboxylic acids is 1. The van der Waals surface area contributed by atoms with E-state index in [0.717, 1.165) is 12.8 Å². The fourth-order valence-electron chi connectivity index (χ4n) is 1.66. The first-order valence-corrected chi connectivity index (χ1v) is 7.42. The first kappa shape index (κ1) is 13.8. The molecule has 104 valence electrons. The van der Waals surface area contributed by atoms with E-state index in [-0.39, 0.29) is 17.5 Å². The van der Waals surface area contributed by atoms with Gasteiger partial charge in [0.1, 0.15) is 6.54 Å². The Morgan fingerprint density at radius 2 is 1.95 bits per heavy atom. The van der Waals surface area contributed by atoms with E-state index in [1.807, 2.05) is 0 Å². The van der Waals surface area contributed by atoms with Crippen molar-refractivity contribution in [1.82, 2.24) is 4.72 Å². The predicted octanol–water partition coefficient (Wildman–Crippen LogP) is 0.648. The topological polar surface area (TPSA) is 86.7 Å². The van der Waals surface area contributed by atoms with Gasteiger partial charge in [-0.25, -0.2) is 13.1 Å². The van der Waals surface area contributed by atoms with Gasteiger partial charge in [0.25, 0.3) is 0 Å². The summed E-state index contributed by atoms with van der Waals surface area (Å²) in [7, 11) is -1.81. The third-order valence-electron chi connectivity index (χ3n) is 2.86. The van der Waals surface area contributed by atoms with E-state index in [1.165, 1.54) is 17.0 Å². The van der Waals surface area contributed by atoms with Crippen molar-refractivity contribution in [3.63, 3.8) is 0 Å². The highest BCUT2D eigenvalue weighted by Crippen LogP contribution is 2.23. The minimum absolute atomic E-state index is 0.0689. The highest BCUT2D eigenvalue weighted by Gasteiger charge is 2.27. The maximum Gasteiger partial charge on any atom is 0.323 e. The number of sulfonamides is 1. The van der Waals surface area contributed by atoms with Crippen LogP contribution in [0.5, 0.6) is 0 Å². The SMILES string of the molecule is CN(CC(=O)O)c1ccc(S(=O)(=O)NC2CC2)cc1. The molecule has 0 aliphatic heterocycles. The van der Waals surface area contributed by atoms with Crippen molar-refractivity contribution in [2.45, 2.75) is 23.8 Å². The van der Waals surface area contributed by atoms with E-state index in [2.05, 4.69) is 4.72 Å². The smallest absolute Gasteiger partial charge is 0.323 e. The number of likely N-dealkylation sites (N-methyl/N-ethyl adjacent to an activating group) is 1. The second-order valence-electron chi connectivity index (χ2n) is 4.64. The van der Waals surface area contributed by atoms with E-state index in [4.69, 9.17) is 5.11 Å². The Kier molecular flexibility index (Phi) is 3.77. The zero-order valence-corrected chi connectivity index (χ0v) is 11.4. The molecule has 0 atom stereocenters. The number of aliphatic carboxylic acids is 1. The summed E-state index contributed by atoms with van der Waals surface area (Å²) in [6, 6.07) is 6.24. The van der Waals surface area contributed by atoms with E-state index in [0.29, 0.717) is 5.69 Å². The van der Waals surface area contributed by atoms with Crippen molar-refractivity contribution in [3.8, 4) is 0 Å². The molecule has 1 fully saturated rings. The zero-order valence-electron chi connectivity index (χ0n) is 10.5. The van der Waals surface area contributed by atoms with Gasteiger partial charge < -0.3 is 10.0 Å². The summed E-state index contributed by atoms with van der Waals surface area (Å²) in [5.41, 5.74) is 0.660. The van der Waals surface area contributed by atoms with Crippen LogP contribution in [-0.4, -0.2) is 39.1 Å². The normalized spacial score (nSPS) is 15.2. The number of carboxylic acid groups (broad SMARTS) is 1. The lowest BCUT2D eigenvalue weighted by Gasteiger charge is -2.17. The summed E-state index contributed by atoms with van der Waals surface area (Å²) in [4.78, 5) is 12.3. The van der Waals surface area contributed by atoms with Gasteiger partial charge in [-0.1, -0.05) is 0 Å². The minimum Gasteiger partial charge on any atom is -0.480 e. The monoisotopic (exact) mass is 284 g/mol. The van der Waals surface area contributed by atoms with Gasteiger partial charge in [-0.05, 0) is 37.1 Å². The molecule has 0 radical (unpaired) electrons. The average molecular weight is 284 g/mol. The Morgan fingerprint density at radius 1 is 1.37 bits per heavy atom. The number of nitrogens with one attached hydrogen (secondary N) is 1. The van der Waals surface area contributed by atoms with Crippen LogP contribution in [-0.2, 0) is 14.8 Å². The second kappa shape index (κ2) is 5.18. The Labute approximate surface area is 112 Å². The van der Waals surface area contributed by atoms with E-state index >= 15 is 0 Å². The molecular weight excluding hydrogens is 268 g/mol. The molecule has 0 heterocycles. The van der Waals surface area contributed by atoms with Crippen LogP contribution >= 0.6 is 0 Å². The van der Waals surface area contributed by atoms with Gasteiger partial charge in [-0.3, -0.25) is 4.79 Å². The van der Waals surface area contributed by atoms with Crippen molar-refractivity contribution >= 4 is 21.7 Å². The van der Waals surface area contributed by atoms with Crippen LogP contribution in [0.25, 0.3) is 0 Å². The maximum absolute atomic E-state index is 11.9. The Morgan fingerprint density at radius 3 is 2.42 bits per heavy atom. The Hall–Kier alpha value is -1.60. The van der Waals surface area contributed by atoms with Gasteiger partial charge in [0.15, 0.2) is 0 Å². The van der Waals surface area contributed by atoms with Crippen LogP contribution < -0.4 is 9.62 Å². The first-order valence-electron chi connectivity index (χ1n) is 5.94. The van der Waals surface area contributed by atoms with Gasteiger partial charge in [0.2, 0.25) is 10.0 Å². The summed E-state index contributed by atoms with van der Waals surface area (Å²) in [6.45, 7) is -0.133. The zero-order chi connectivity index (χ0) is 14.0. The average Bonchev–Trinajstić information content (AvgIpc) is 3.11. The highest BCUT2D eigenvalue weighted by atomic mass is 32.2. The number of benzene rings is 1. The molecule has 0 saturated heterocycles. The van der Waals surface area contributed by atoms with Crippen LogP contribution in [0, 0.1) is 0 Å². The second-order valence-corrected chi connectivity index (χ2v) is 6.35. The van der Waals surface area contributed by atoms with E-state index in [9.17, 15) is 13.2 Å². The molecule has 0 bridgehead atoms. The largest absolute Gasteiger partial charge is 0.480 e. The molecule has 1 aromatic carbocycles. The first-order chi connectivity index (χ1) is 8.88. The van der Waals surface area contributed by atoms with E-state index < -0.39 is 16.0 Å². The summed E-state index contributed by atoms with van der Waals surface area (Å²) in [5.74, 6) is -0.936. The van der Waals surface area contributed by atoms with Crippen molar-refractivity contribution in [1.29, 1.82) is 0 Å². The third-order valence-corrected chi connectivity index (χ3v) is 4.40. The molecule has 0 unspecified atom stereocenters. The van der Waals surface area contributed by atoms with Crippen molar-refractivity contribution in [2.75, 3.05) is 18.5 Å². The summed E-state index contributed by atoms with van der Waals surface area (Å²) < 4.78 is 26.4. The number of carbonyl (C=O) groups is 1. The molecular formula is C12H16N2O4S. The summed E-state index contributed by atoms with van der Waals surface area (Å²) >= 11 is 0. The highest BCUT2D eigenvalue weighted by molar-refractivity contribution is 7.89. The summed E-state index contributed by atoms with van der Waals surface area (Å²) in [5, 5.41) is 8.69. The number of hydrogen-bond donors (Lipinski definition) is 2. The fourth-order valence-corrected chi connectivity index (χ4v) is 2.97. The molecule has 1 aliphatic rings. The van der Waals surface area contributed by atoms with Crippen LogP contribution in [0.2, 0.25) is 0 Å². The minimum atomic E-state index is -3.45. The van der Waals surface area contributed by atoms with E-state index in [1.54, 1.807) is 19.2 Å². The molecule has 2 N–H and O–H groups in total. The van der Waals surface area contributed by atoms with Crippen LogP contribution in [0.3, 0.4) is 0 Å². The van der Waals surface area contributed by atoms with Crippen LogP contribution in [0.1, 0.15) is 12.8 Å².